The molecular formula is C19H16BrN3O3. The predicted octanol–water partition coefficient (Wildman–Crippen LogP) is 2.37. The van der Waals surface area contributed by atoms with Crippen molar-refractivity contribution in [3.63, 3.8) is 0 Å². The molecule has 1 fully saturated rings. The number of hydrogen-bond acceptors (Lipinski definition) is 3. The van der Waals surface area contributed by atoms with Gasteiger partial charge in [0.1, 0.15) is 6.04 Å². The molecule has 2 aliphatic rings. The summed E-state index contributed by atoms with van der Waals surface area (Å²) in [5.41, 5.74) is 1.53. The fourth-order valence-electron chi connectivity index (χ4n) is 3.37. The topological polar surface area (TPSA) is 69.7 Å². The van der Waals surface area contributed by atoms with Gasteiger partial charge < -0.3 is 15.1 Å². The predicted molar refractivity (Wildman–Crippen MR) is 99.9 cm³/mol. The van der Waals surface area contributed by atoms with Crippen LogP contribution in [0.15, 0.2) is 53.0 Å². The molecule has 4 rings (SSSR count). The van der Waals surface area contributed by atoms with Crippen LogP contribution in [0.5, 0.6) is 0 Å². The van der Waals surface area contributed by atoms with Gasteiger partial charge in [0, 0.05) is 23.1 Å². The third-order valence-electron chi connectivity index (χ3n) is 4.72. The lowest BCUT2D eigenvalue weighted by atomic mass is 10.1. The standard InChI is InChI=1S/C19H16BrN3O3/c20-13-6-7-15-14(10-13)19(26)23-9-8-22(11-16(23)17(24)21-15)18(25)12-4-2-1-3-5-12/h1-7,10,16H,8-9,11H2,(H,21,24)/t16-/m1/s1. The minimum Gasteiger partial charge on any atom is -0.334 e. The molecule has 132 valence electrons. The highest BCUT2D eigenvalue weighted by Gasteiger charge is 2.40. The molecule has 0 radical (unpaired) electrons. The van der Waals surface area contributed by atoms with E-state index >= 15 is 0 Å². The first-order chi connectivity index (χ1) is 12.5. The molecule has 1 saturated heterocycles. The van der Waals surface area contributed by atoms with Crippen molar-refractivity contribution in [3.05, 3.63) is 64.1 Å². The summed E-state index contributed by atoms with van der Waals surface area (Å²) < 4.78 is 0.773. The molecule has 0 saturated carbocycles. The minimum atomic E-state index is -0.699. The lowest BCUT2D eigenvalue weighted by Crippen LogP contribution is -2.59. The quantitative estimate of drug-likeness (QED) is 0.779. The summed E-state index contributed by atoms with van der Waals surface area (Å²) in [4.78, 5) is 41.5. The minimum absolute atomic E-state index is 0.130. The normalized spacial score (nSPS) is 19.3. The zero-order chi connectivity index (χ0) is 18.3. The molecule has 0 spiro atoms. The van der Waals surface area contributed by atoms with Crippen LogP contribution in [0.3, 0.4) is 0 Å². The summed E-state index contributed by atoms with van der Waals surface area (Å²) in [6.07, 6.45) is 0. The van der Waals surface area contributed by atoms with Crippen molar-refractivity contribution in [3.8, 4) is 0 Å². The summed E-state index contributed by atoms with van der Waals surface area (Å²) in [5, 5.41) is 2.82. The summed E-state index contributed by atoms with van der Waals surface area (Å²) in [7, 11) is 0. The molecule has 2 heterocycles. The number of halogens is 1. The Hall–Kier alpha value is -2.67. The van der Waals surface area contributed by atoms with Crippen LogP contribution in [0.25, 0.3) is 0 Å². The van der Waals surface area contributed by atoms with Gasteiger partial charge >= 0.3 is 0 Å². The van der Waals surface area contributed by atoms with Gasteiger partial charge in [-0.05, 0) is 30.3 Å². The van der Waals surface area contributed by atoms with Gasteiger partial charge in [-0.15, -0.1) is 0 Å². The Bertz CT molecular complexity index is 900. The average molecular weight is 414 g/mol. The summed E-state index contributed by atoms with van der Waals surface area (Å²) in [6, 6.07) is 13.5. The molecule has 2 aromatic rings. The maximum Gasteiger partial charge on any atom is 0.256 e. The number of benzene rings is 2. The second kappa shape index (κ2) is 6.57. The van der Waals surface area contributed by atoms with Crippen LogP contribution in [-0.4, -0.2) is 53.2 Å². The van der Waals surface area contributed by atoms with E-state index in [1.807, 2.05) is 6.07 Å². The van der Waals surface area contributed by atoms with Crippen LogP contribution < -0.4 is 5.32 Å². The van der Waals surface area contributed by atoms with Crippen LogP contribution in [0.4, 0.5) is 5.69 Å². The van der Waals surface area contributed by atoms with E-state index in [-0.39, 0.29) is 24.3 Å². The molecule has 2 aromatic carbocycles. The number of carbonyl (C=O) groups is 3. The third kappa shape index (κ3) is 2.88. The Morgan fingerprint density at radius 1 is 1.08 bits per heavy atom. The average Bonchev–Trinajstić information content (AvgIpc) is 2.77. The number of amides is 3. The second-order valence-electron chi connectivity index (χ2n) is 6.31. The molecule has 0 unspecified atom stereocenters. The fourth-order valence-corrected chi connectivity index (χ4v) is 3.73. The van der Waals surface area contributed by atoms with Gasteiger partial charge in [0.25, 0.3) is 11.8 Å². The highest BCUT2D eigenvalue weighted by atomic mass is 79.9. The number of fused-ring (bicyclic) bond motifs is 2. The van der Waals surface area contributed by atoms with Crippen LogP contribution >= 0.6 is 15.9 Å². The molecule has 0 aliphatic carbocycles. The van der Waals surface area contributed by atoms with Crippen molar-refractivity contribution < 1.29 is 14.4 Å². The van der Waals surface area contributed by atoms with Crippen LogP contribution in [0, 0.1) is 0 Å². The van der Waals surface area contributed by atoms with Gasteiger partial charge in [-0.25, -0.2) is 0 Å². The number of piperazine rings is 1. The molecule has 6 nitrogen and oxygen atoms in total. The zero-order valence-electron chi connectivity index (χ0n) is 13.8. The van der Waals surface area contributed by atoms with Crippen LogP contribution in [0.1, 0.15) is 20.7 Å². The molecule has 1 atom stereocenters. The Labute approximate surface area is 158 Å². The first-order valence-electron chi connectivity index (χ1n) is 8.30. The second-order valence-corrected chi connectivity index (χ2v) is 7.23. The summed E-state index contributed by atoms with van der Waals surface area (Å²) in [6.45, 7) is 0.897. The largest absolute Gasteiger partial charge is 0.334 e. The fraction of sp³-hybridized carbons (Fsp3) is 0.211. The smallest absolute Gasteiger partial charge is 0.256 e. The molecular weight excluding hydrogens is 398 g/mol. The van der Waals surface area contributed by atoms with Crippen molar-refractivity contribution in [1.29, 1.82) is 0 Å². The van der Waals surface area contributed by atoms with Crippen molar-refractivity contribution in [2.45, 2.75) is 6.04 Å². The van der Waals surface area contributed by atoms with E-state index in [0.29, 0.717) is 29.9 Å². The number of nitrogens with zero attached hydrogens (tertiary/aromatic N) is 2. The van der Waals surface area contributed by atoms with Crippen molar-refractivity contribution in [2.75, 3.05) is 25.0 Å². The Morgan fingerprint density at radius 2 is 1.85 bits per heavy atom. The number of rotatable bonds is 1. The maximum atomic E-state index is 12.9. The Kier molecular flexibility index (Phi) is 4.24. The summed E-state index contributed by atoms with van der Waals surface area (Å²) in [5.74, 6) is -0.601. The van der Waals surface area contributed by atoms with Gasteiger partial charge in [0.2, 0.25) is 5.91 Å². The third-order valence-corrected chi connectivity index (χ3v) is 5.21. The van der Waals surface area contributed by atoms with Gasteiger partial charge in [0.15, 0.2) is 0 Å². The van der Waals surface area contributed by atoms with Gasteiger partial charge in [-0.2, -0.15) is 0 Å². The number of hydrogen-bond donors (Lipinski definition) is 1. The summed E-state index contributed by atoms with van der Waals surface area (Å²) >= 11 is 3.36. The van der Waals surface area contributed by atoms with Crippen molar-refractivity contribution in [1.82, 2.24) is 9.80 Å². The van der Waals surface area contributed by atoms with Gasteiger partial charge in [-0.3, -0.25) is 14.4 Å². The van der Waals surface area contributed by atoms with E-state index in [2.05, 4.69) is 21.2 Å². The number of carbonyl (C=O) groups excluding carboxylic acids is 3. The SMILES string of the molecule is O=C1Nc2ccc(Br)cc2C(=O)N2CCN(C(=O)c3ccccc3)C[C@H]12. The Morgan fingerprint density at radius 3 is 2.62 bits per heavy atom. The lowest BCUT2D eigenvalue weighted by molar-refractivity contribution is -0.121. The van der Waals surface area contributed by atoms with E-state index in [1.54, 1.807) is 52.3 Å². The molecule has 0 bridgehead atoms. The van der Waals surface area contributed by atoms with E-state index < -0.39 is 6.04 Å². The van der Waals surface area contributed by atoms with E-state index in [1.165, 1.54) is 0 Å². The van der Waals surface area contributed by atoms with E-state index in [9.17, 15) is 14.4 Å². The van der Waals surface area contributed by atoms with Crippen molar-refractivity contribution >= 4 is 39.3 Å². The molecule has 1 N–H and O–H groups in total. The first kappa shape index (κ1) is 16.8. The zero-order valence-corrected chi connectivity index (χ0v) is 15.4. The number of anilines is 1. The van der Waals surface area contributed by atoms with Gasteiger partial charge in [-0.1, -0.05) is 34.1 Å². The molecule has 0 aromatic heterocycles. The van der Waals surface area contributed by atoms with Gasteiger partial charge in [0.05, 0.1) is 17.8 Å². The highest BCUT2D eigenvalue weighted by Crippen LogP contribution is 2.28. The highest BCUT2D eigenvalue weighted by molar-refractivity contribution is 9.10. The molecule has 3 amide bonds. The molecule has 7 heteroatoms. The molecule has 26 heavy (non-hydrogen) atoms. The molecule has 2 aliphatic heterocycles. The van der Waals surface area contributed by atoms with Crippen molar-refractivity contribution in [2.24, 2.45) is 0 Å². The van der Waals surface area contributed by atoms with Crippen LogP contribution in [0.2, 0.25) is 0 Å². The first-order valence-corrected chi connectivity index (χ1v) is 9.09. The maximum absolute atomic E-state index is 12.9. The lowest BCUT2D eigenvalue weighted by Gasteiger charge is -2.39. The number of nitrogens with one attached hydrogen (secondary N) is 1. The monoisotopic (exact) mass is 413 g/mol. The Balaban J connectivity index is 1.61. The van der Waals surface area contributed by atoms with E-state index in [4.69, 9.17) is 0 Å². The van der Waals surface area contributed by atoms with E-state index in [0.717, 1.165) is 4.47 Å². The van der Waals surface area contributed by atoms with Crippen LogP contribution in [-0.2, 0) is 4.79 Å².